The number of nitrogens with zero attached hydrogens (tertiary/aromatic N) is 1. The molecule has 1 fully saturated rings. The third-order valence-electron chi connectivity index (χ3n) is 3.93. The summed E-state index contributed by atoms with van der Waals surface area (Å²) in [5.41, 5.74) is 0.969. The van der Waals surface area contributed by atoms with Crippen LogP contribution in [0.5, 0.6) is 5.75 Å². The van der Waals surface area contributed by atoms with Crippen molar-refractivity contribution in [3.05, 3.63) is 29.8 Å². The first-order valence-electron chi connectivity index (χ1n) is 7.91. The van der Waals surface area contributed by atoms with E-state index < -0.39 is 9.84 Å². The largest absolute Gasteiger partial charge is 0.494 e. The Morgan fingerprint density at radius 3 is 2.52 bits per heavy atom. The highest BCUT2D eigenvalue weighted by Crippen LogP contribution is 2.18. The summed E-state index contributed by atoms with van der Waals surface area (Å²) in [6, 6.07) is 7.11. The van der Waals surface area contributed by atoms with Gasteiger partial charge < -0.3 is 15.0 Å². The molecule has 7 heteroatoms. The van der Waals surface area contributed by atoms with Gasteiger partial charge in [0.2, 0.25) is 0 Å². The first kappa shape index (κ1) is 17.6. The Kier molecular flexibility index (Phi) is 5.87. The fraction of sp³-hybridized carbons (Fsp3) is 0.562. The number of urea groups is 1. The van der Waals surface area contributed by atoms with Crippen LogP contribution in [0.25, 0.3) is 0 Å². The smallest absolute Gasteiger partial charge is 0.317 e. The predicted octanol–water partition coefficient (Wildman–Crippen LogP) is 1.80. The van der Waals surface area contributed by atoms with Crippen LogP contribution >= 0.6 is 0 Å². The Labute approximate surface area is 137 Å². The van der Waals surface area contributed by atoms with E-state index in [1.54, 1.807) is 4.90 Å². The minimum absolute atomic E-state index is 0.0668. The van der Waals surface area contributed by atoms with Gasteiger partial charge in [-0.15, -0.1) is 0 Å². The van der Waals surface area contributed by atoms with E-state index in [0.29, 0.717) is 26.1 Å². The first-order chi connectivity index (χ1) is 10.9. The van der Waals surface area contributed by atoms with Gasteiger partial charge >= 0.3 is 6.03 Å². The van der Waals surface area contributed by atoms with Gasteiger partial charge in [-0.2, -0.15) is 0 Å². The van der Waals surface area contributed by atoms with Crippen molar-refractivity contribution < 1.29 is 17.9 Å². The third-order valence-corrected chi connectivity index (χ3v) is 5.68. The van der Waals surface area contributed by atoms with E-state index in [4.69, 9.17) is 4.74 Å². The second-order valence-corrected chi connectivity index (χ2v) is 7.81. The molecule has 0 aromatic heterocycles. The molecule has 0 saturated carbocycles. The number of carbonyl (C=O) groups excluding carboxylic acids is 1. The number of carbonyl (C=O) groups is 1. The van der Waals surface area contributed by atoms with Crippen LogP contribution in [0.1, 0.15) is 25.8 Å². The lowest BCUT2D eigenvalue weighted by molar-refractivity contribution is 0.183. The molecule has 2 amide bonds. The second-order valence-electron chi connectivity index (χ2n) is 5.58. The molecular formula is C16H24N2O4S. The number of ether oxygens (including phenoxy) is 1. The molecular weight excluding hydrogens is 316 g/mol. The van der Waals surface area contributed by atoms with Gasteiger partial charge in [-0.05, 0) is 38.0 Å². The standard InChI is InChI=1S/C16H24N2O4S/c1-3-18(14-9-10-23(20,21)12-14)16(19)17-11-13-5-7-15(8-6-13)22-4-2/h5-8,14H,3-4,9-12H2,1-2H3,(H,17,19). The molecule has 128 valence electrons. The van der Waals surface area contributed by atoms with Gasteiger partial charge in [-0.1, -0.05) is 12.1 Å². The molecule has 23 heavy (non-hydrogen) atoms. The maximum absolute atomic E-state index is 12.3. The number of amides is 2. The zero-order valence-corrected chi connectivity index (χ0v) is 14.4. The van der Waals surface area contributed by atoms with E-state index in [2.05, 4.69) is 5.32 Å². The maximum Gasteiger partial charge on any atom is 0.317 e. The molecule has 1 saturated heterocycles. The maximum atomic E-state index is 12.3. The van der Waals surface area contributed by atoms with Crippen LogP contribution in [0.4, 0.5) is 4.79 Å². The topological polar surface area (TPSA) is 75.7 Å². The summed E-state index contributed by atoms with van der Waals surface area (Å²) in [4.78, 5) is 13.9. The Hall–Kier alpha value is -1.76. The van der Waals surface area contributed by atoms with Crippen LogP contribution in [0.15, 0.2) is 24.3 Å². The lowest BCUT2D eigenvalue weighted by Crippen LogP contribution is -2.46. The van der Waals surface area contributed by atoms with Gasteiger partial charge in [0, 0.05) is 19.1 Å². The van der Waals surface area contributed by atoms with E-state index >= 15 is 0 Å². The third kappa shape index (κ3) is 4.86. The van der Waals surface area contributed by atoms with Gasteiger partial charge in [0.1, 0.15) is 5.75 Å². The van der Waals surface area contributed by atoms with Gasteiger partial charge in [-0.3, -0.25) is 0 Å². The average molecular weight is 340 g/mol. The Bertz CT molecular complexity index is 628. The number of hydrogen-bond acceptors (Lipinski definition) is 4. The fourth-order valence-electron chi connectivity index (χ4n) is 2.74. The van der Waals surface area contributed by atoms with Crippen molar-refractivity contribution in [2.75, 3.05) is 24.7 Å². The SMILES string of the molecule is CCOc1ccc(CNC(=O)N(CC)C2CCS(=O)(=O)C2)cc1. The molecule has 0 radical (unpaired) electrons. The van der Waals surface area contributed by atoms with Crippen molar-refractivity contribution in [3.8, 4) is 5.75 Å². The molecule has 2 rings (SSSR count). The molecule has 1 atom stereocenters. The van der Waals surface area contributed by atoms with E-state index in [9.17, 15) is 13.2 Å². The molecule has 6 nitrogen and oxygen atoms in total. The number of hydrogen-bond donors (Lipinski definition) is 1. The van der Waals surface area contributed by atoms with Crippen molar-refractivity contribution in [3.63, 3.8) is 0 Å². The molecule has 0 bridgehead atoms. The highest BCUT2D eigenvalue weighted by atomic mass is 32.2. The zero-order chi connectivity index (χ0) is 16.9. The molecule has 1 N–H and O–H groups in total. The number of rotatable bonds is 6. The van der Waals surface area contributed by atoms with Gasteiger partial charge in [-0.25, -0.2) is 13.2 Å². The Morgan fingerprint density at radius 1 is 1.30 bits per heavy atom. The van der Waals surface area contributed by atoms with E-state index in [1.807, 2.05) is 38.1 Å². The number of sulfone groups is 1. The van der Waals surface area contributed by atoms with Crippen molar-refractivity contribution >= 4 is 15.9 Å². The van der Waals surface area contributed by atoms with Crippen LogP contribution in [0.3, 0.4) is 0 Å². The van der Waals surface area contributed by atoms with Gasteiger partial charge in [0.15, 0.2) is 9.84 Å². The summed E-state index contributed by atoms with van der Waals surface area (Å²) >= 11 is 0. The quantitative estimate of drug-likeness (QED) is 0.857. The summed E-state index contributed by atoms with van der Waals surface area (Å²) in [6.07, 6.45) is 0.520. The molecule has 1 unspecified atom stereocenters. The predicted molar refractivity (Wildman–Crippen MR) is 89.3 cm³/mol. The summed E-state index contributed by atoms with van der Waals surface area (Å²) in [6.45, 7) is 5.31. The van der Waals surface area contributed by atoms with Gasteiger partial charge in [0.25, 0.3) is 0 Å². The molecule has 1 aliphatic rings. The minimum atomic E-state index is -3.00. The zero-order valence-electron chi connectivity index (χ0n) is 13.6. The fourth-order valence-corrected chi connectivity index (χ4v) is 4.47. The lowest BCUT2D eigenvalue weighted by atomic mass is 10.2. The first-order valence-corrected chi connectivity index (χ1v) is 9.74. The summed E-state index contributed by atoms with van der Waals surface area (Å²) < 4.78 is 28.5. The van der Waals surface area contributed by atoms with Crippen LogP contribution in [-0.4, -0.2) is 50.0 Å². The van der Waals surface area contributed by atoms with Crippen molar-refractivity contribution in [1.29, 1.82) is 0 Å². The molecule has 0 spiro atoms. The number of benzene rings is 1. The molecule has 1 aromatic carbocycles. The van der Waals surface area contributed by atoms with Crippen LogP contribution in [0.2, 0.25) is 0 Å². The van der Waals surface area contributed by atoms with Crippen LogP contribution in [0, 0.1) is 0 Å². The summed E-state index contributed by atoms with van der Waals surface area (Å²) in [7, 11) is -3.00. The van der Waals surface area contributed by atoms with Crippen LogP contribution < -0.4 is 10.1 Å². The van der Waals surface area contributed by atoms with E-state index in [-0.39, 0.29) is 23.6 Å². The van der Waals surface area contributed by atoms with Crippen molar-refractivity contribution in [2.24, 2.45) is 0 Å². The lowest BCUT2D eigenvalue weighted by Gasteiger charge is -2.27. The normalized spacial score (nSPS) is 19.3. The highest BCUT2D eigenvalue weighted by Gasteiger charge is 2.33. The second kappa shape index (κ2) is 7.68. The average Bonchev–Trinajstić information content (AvgIpc) is 2.87. The molecule has 1 aromatic rings. The van der Waals surface area contributed by atoms with E-state index in [0.717, 1.165) is 11.3 Å². The Morgan fingerprint density at radius 2 is 2.00 bits per heavy atom. The number of nitrogens with one attached hydrogen (secondary N) is 1. The summed E-state index contributed by atoms with van der Waals surface area (Å²) in [5, 5.41) is 2.86. The molecule has 1 aliphatic heterocycles. The monoisotopic (exact) mass is 340 g/mol. The molecule has 0 aliphatic carbocycles. The summed E-state index contributed by atoms with van der Waals surface area (Å²) in [5.74, 6) is 1.03. The van der Waals surface area contributed by atoms with Crippen molar-refractivity contribution in [2.45, 2.75) is 32.9 Å². The minimum Gasteiger partial charge on any atom is -0.494 e. The highest BCUT2D eigenvalue weighted by molar-refractivity contribution is 7.91. The van der Waals surface area contributed by atoms with Gasteiger partial charge in [0.05, 0.1) is 18.1 Å². The van der Waals surface area contributed by atoms with Crippen LogP contribution in [-0.2, 0) is 16.4 Å². The molecule has 1 heterocycles. The van der Waals surface area contributed by atoms with E-state index in [1.165, 1.54) is 0 Å². The van der Waals surface area contributed by atoms with Crippen molar-refractivity contribution in [1.82, 2.24) is 10.2 Å². The Balaban J connectivity index is 1.89.